The summed E-state index contributed by atoms with van der Waals surface area (Å²) in [6.45, 7) is 8.63. The number of rotatable bonds is 9. The molecule has 1 atom stereocenters. The largest absolute Gasteiger partial charge is 0.493 e. The van der Waals surface area contributed by atoms with Gasteiger partial charge in [0.1, 0.15) is 5.75 Å². The van der Waals surface area contributed by atoms with Crippen LogP contribution < -0.4 is 9.46 Å². The highest BCUT2D eigenvalue weighted by molar-refractivity contribution is 7.89. The molecule has 0 radical (unpaired) electrons. The molecule has 2 heterocycles. The Morgan fingerprint density at radius 1 is 1.21 bits per heavy atom. The van der Waals surface area contributed by atoms with Crippen molar-refractivity contribution in [3.63, 3.8) is 0 Å². The van der Waals surface area contributed by atoms with Gasteiger partial charge in [0.2, 0.25) is 10.0 Å². The van der Waals surface area contributed by atoms with Crippen LogP contribution in [0.2, 0.25) is 0 Å². The summed E-state index contributed by atoms with van der Waals surface area (Å²) in [6, 6.07) is 10.7. The third-order valence-corrected chi connectivity index (χ3v) is 6.99. The van der Waals surface area contributed by atoms with Gasteiger partial charge in [-0.15, -0.1) is 11.3 Å². The topological polar surface area (TPSA) is 73.2 Å². The van der Waals surface area contributed by atoms with Gasteiger partial charge in [0, 0.05) is 17.1 Å². The molecule has 6 nitrogen and oxygen atoms in total. The van der Waals surface area contributed by atoms with Crippen molar-refractivity contribution in [2.24, 2.45) is 0 Å². The second-order valence-electron chi connectivity index (χ2n) is 7.03. The molecule has 1 aromatic carbocycles. The minimum absolute atomic E-state index is 0.202. The number of ether oxygens (including phenoxy) is 1. The van der Waals surface area contributed by atoms with E-state index in [1.807, 2.05) is 56.0 Å². The van der Waals surface area contributed by atoms with E-state index in [0.29, 0.717) is 12.4 Å². The van der Waals surface area contributed by atoms with Crippen LogP contribution >= 0.6 is 11.3 Å². The Labute approximate surface area is 176 Å². The molecular formula is C21H27N3O3S2. The Kier molecular flexibility index (Phi) is 6.77. The average molecular weight is 434 g/mol. The van der Waals surface area contributed by atoms with Crippen LogP contribution in [-0.2, 0) is 10.0 Å². The number of aromatic nitrogens is 2. The van der Waals surface area contributed by atoms with Gasteiger partial charge in [-0.2, -0.15) is 5.10 Å². The zero-order valence-electron chi connectivity index (χ0n) is 17.2. The van der Waals surface area contributed by atoms with E-state index < -0.39 is 10.0 Å². The number of hydrogen-bond donors (Lipinski definition) is 1. The van der Waals surface area contributed by atoms with E-state index in [-0.39, 0.29) is 17.5 Å². The Hall–Kier alpha value is -2.16. The summed E-state index contributed by atoms with van der Waals surface area (Å²) in [5.74, 6) is 0.713. The van der Waals surface area contributed by atoms with Crippen LogP contribution in [0.15, 0.2) is 46.7 Å². The van der Waals surface area contributed by atoms with Crippen LogP contribution in [0.3, 0.4) is 0 Å². The molecule has 29 heavy (non-hydrogen) atoms. The predicted molar refractivity (Wildman–Crippen MR) is 116 cm³/mol. The molecule has 1 unspecified atom stereocenters. The highest BCUT2D eigenvalue weighted by Gasteiger charge is 2.22. The standard InChI is InChI=1S/C21H27N3O3S2/c1-5-10-27-20-9-8-18(12-15(20)2)29(25,26)22-14-19(21-7-6-11-28-21)24-17(4)13-16(3)23-24/h6-9,11-13,19,22H,5,10,14H2,1-4H3. The molecule has 0 saturated heterocycles. The lowest BCUT2D eigenvalue weighted by molar-refractivity contribution is 0.315. The van der Waals surface area contributed by atoms with Gasteiger partial charge >= 0.3 is 0 Å². The lowest BCUT2D eigenvalue weighted by atomic mass is 10.2. The molecule has 156 valence electrons. The average Bonchev–Trinajstić information content (AvgIpc) is 3.31. The van der Waals surface area contributed by atoms with Crippen LogP contribution in [-0.4, -0.2) is 31.3 Å². The molecule has 8 heteroatoms. The first kappa shape index (κ1) is 21.5. The fourth-order valence-corrected chi connectivity index (χ4v) is 5.12. The smallest absolute Gasteiger partial charge is 0.240 e. The fraction of sp³-hybridized carbons (Fsp3) is 0.381. The number of hydrogen-bond acceptors (Lipinski definition) is 5. The summed E-state index contributed by atoms with van der Waals surface area (Å²) in [5.41, 5.74) is 2.70. The van der Waals surface area contributed by atoms with Crippen LogP contribution in [0, 0.1) is 20.8 Å². The quantitative estimate of drug-likeness (QED) is 0.548. The molecule has 2 aromatic heterocycles. The fourth-order valence-electron chi connectivity index (χ4n) is 3.19. The van der Waals surface area contributed by atoms with Crippen LogP contribution in [0.5, 0.6) is 5.75 Å². The van der Waals surface area contributed by atoms with E-state index in [0.717, 1.165) is 28.2 Å². The SMILES string of the molecule is CCCOc1ccc(S(=O)(=O)NCC(c2cccs2)n2nc(C)cc2C)cc1C. The predicted octanol–water partition coefficient (Wildman–Crippen LogP) is 4.23. The molecule has 0 spiro atoms. The zero-order valence-corrected chi connectivity index (χ0v) is 18.8. The molecule has 0 aliphatic rings. The van der Waals surface area contributed by atoms with Crippen molar-refractivity contribution in [1.82, 2.24) is 14.5 Å². The first-order chi connectivity index (χ1) is 13.8. The monoisotopic (exact) mass is 433 g/mol. The van der Waals surface area contributed by atoms with Crippen molar-refractivity contribution in [3.05, 3.63) is 63.6 Å². The van der Waals surface area contributed by atoms with Crippen molar-refractivity contribution in [3.8, 4) is 5.75 Å². The number of aryl methyl sites for hydroxylation is 3. The zero-order chi connectivity index (χ0) is 21.0. The summed E-state index contributed by atoms with van der Waals surface area (Å²) in [4.78, 5) is 1.29. The minimum atomic E-state index is -3.66. The highest BCUT2D eigenvalue weighted by atomic mass is 32.2. The molecule has 0 fully saturated rings. The Balaban J connectivity index is 1.82. The second-order valence-corrected chi connectivity index (χ2v) is 9.78. The molecule has 3 rings (SSSR count). The summed E-state index contributed by atoms with van der Waals surface area (Å²) in [6.07, 6.45) is 0.900. The second kappa shape index (κ2) is 9.11. The van der Waals surface area contributed by atoms with Crippen molar-refractivity contribution in [2.75, 3.05) is 13.2 Å². The van der Waals surface area contributed by atoms with Gasteiger partial charge in [-0.05, 0) is 68.5 Å². The molecule has 3 aromatic rings. The maximum absolute atomic E-state index is 12.9. The van der Waals surface area contributed by atoms with Gasteiger partial charge in [-0.25, -0.2) is 13.1 Å². The van der Waals surface area contributed by atoms with E-state index in [4.69, 9.17) is 4.74 Å². The number of thiophene rings is 1. The molecular weight excluding hydrogens is 406 g/mol. The van der Waals surface area contributed by atoms with Crippen LogP contribution in [0.4, 0.5) is 0 Å². The van der Waals surface area contributed by atoms with Gasteiger partial charge < -0.3 is 4.74 Å². The van der Waals surface area contributed by atoms with Crippen molar-refractivity contribution in [1.29, 1.82) is 0 Å². The van der Waals surface area contributed by atoms with Crippen LogP contribution in [0.1, 0.15) is 41.2 Å². The van der Waals surface area contributed by atoms with E-state index in [9.17, 15) is 8.42 Å². The summed E-state index contributed by atoms with van der Waals surface area (Å²) >= 11 is 1.59. The van der Waals surface area contributed by atoms with E-state index in [1.165, 1.54) is 0 Å². The first-order valence-corrected chi connectivity index (χ1v) is 12.0. The summed E-state index contributed by atoms with van der Waals surface area (Å²) in [7, 11) is -3.66. The number of nitrogens with one attached hydrogen (secondary N) is 1. The Bertz CT molecular complexity index is 1060. The molecule has 0 aliphatic heterocycles. The number of benzene rings is 1. The van der Waals surface area contributed by atoms with E-state index in [1.54, 1.807) is 29.5 Å². The lowest BCUT2D eigenvalue weighted by Gasteiger charge is -2.19. The number of nitrogens with zero attached hydrogens (tertiary/aromatic N) is 2. The van der Waals surface area contributed by atoms with Gasteiger partial charge in [-0.1, -0.05) is 13.0 Å². The molecule has 1 N–H and O–H groups in total. The third-order valence-electron chi connectivity index (χ3n) is 4.60. The Morgan fingerprint density at radius 2 is 2.00 bits per heavy atom. The third kappa shape index (κ3) is 5.07. The van der Waals surface area contributed by atoms with Crippen molar-refractivity contribution in [2.45, 2.75) is 45.1 Å². The summed E-state index contributed by atoms with van der Waals surface area (Å²) < 4.78 is 36.2. The molecule has 0 saturated carbocycles. The van der Waals surface area contributed by atoms with E-state index >= 15 is 0 Å². The minimum Gasteiger partial charge on any atom is -0.493 e. The first-order valence-electron chi connectivity index (χ1n) is 9.61. The van der Waals surface area contributed by atoms with Gasteiger partial charge in [0.25, 0.3) is 0 Å². The maximum atomic E-state index is 12.9. The maximum Gasteiger partial charge on any atom is 0.240 e. The van der Waals surface area contributed by atoms with Gasteiger partial charge in [0.05, 0.1) is 23.2 Å². The van der Waals surface area contributed by atoms with Gasteiger partial charge in [0.15, 0.2) is 0 Å². The molecule has 0 aliphatic carbocycles. The van der Waals surface area contributed by atoms with Crippen molar-refractivity contribution >= 4 is 21.4 Å². The number of sulfonamides is 1. The van der Waals surface area contributed by atoms with E-state index in [2.05, 4.69) is 9.82 Å². The molecule has 0 amide bonds. The highest BCUT2D eigenvalue weighted by Crippen LogP contribution is 2.26. The van der Waals surface area contributed by atoms with Crippen LogP contribution in [0.25, 0.3) is 0 Å². The van der Waals surface area contributed by atoms with Gasteiger partial charge in [-0.3, -0.25) is 4.68 Å². The van der Waals surface area contributed by atoms with Crippen molar-refractivity contribution < 1.29 is 13.2 Å². The lowest BCUT2D eigenvalue weighted by Crippen LogP contribution is -2.32. The summed E-state index contributed by atoms with van der Waals surface area (Å²) in [5, 5.41) is 6.55. The normalized spacial score (nSPS) is 12.8. The molecule has 0 bridgehead atoms. The Morgan fingerprint density at radius 3 is 2.59 bits per heavy atom.